The molecule has 1 N–H and O–H groups in total. The van der Waals surface area contributed by atoms with Gasteiger partial charge >= 0.3 is 0 Å². The highest BCUT2D eigenvalue weighted by Gasteiger charge is 2.00. The Kier molecular flexibility index (Phi) is 3.63. The molecule has 2 aromatic rings. The molecule has 4 heteroatoms. The van der Waals surface area contributed by atoms with E-state index < -0.39 is 0 Å². The van der Waals surface area contributed by atoms with Gasteiger partial charge in [0.05, 0.1) is 17.8 Å². The van der Waals surface area contributed by atoms with Crippen molar-refractivity contribution < 1.29 is 0 Å². The predicted molar refractivity (Wildman–Crippen MR) is 71.3 cm³/mol. The smallest absolute Gasteiger partial charge is 0.0994 e. The summed E-state index contributed by atoms with van der Waals surface area (Å²) in [5.74, 6) is 0. The Hall–Kier alpha value is -2.28. The van der Waals surface area contributed by atoms with E-state index in [9.17, 15) is 0 Å². The van der Waals surface area contributed by atoms with Gasteiger partial charge in [0.1, 0.15) is 0 Å². The van der Waals surface area contributed by atoms with E-state index in [4.69, 9.17) is 5.26 Å². The summed E-state index contributed by atoms with van der Waals surface area (Å²) in [6.45, 7) is 2.81. The summed E-state index contributed by atoms with van der Waals surface area (Å²) in [7, 11) is 1.92. The summed E-state index contributed by atoms with van der Waals surface area (Å²) in [4.78, 5) is 0. The van der Waals surface area contributed by atoms with Crippen LogP contribution in [0.3, 0.4) is 0 Å². The lowest BCUT2D eigenvalue weighted by Crippen LogP contribution is -2.04. The number of anilines is 1. The maximum atomic E-state index is 8.86. The Morgan fingerprint density at radius 3 is 2.89 bits per heavy atom. The lowest BCUT2D eigenvalue weighted by atomic mass is 10.1. The lowest BCUT2D eigenvalue weighted by molar-refractivity contribution is 0.767. The molecular formula is C14H16N4. The fourth-order valence-corrected chi connectivity index (χ4v) is 1.85. The van der Waals surface area contributed by atoms with Crippen molar-refractivity contribution in [3.63, 3.8) is 0 Å². The third-order valence-electron chi connectivity index (χ3n) is 2.85. The molecule has 0 radical (unpaired) electrons. The van der Waals surface area contributed by atoms with Crippen LogP contribution in [0.1, 0.15) is 16.7 Å². The van der Waals surface area contributed by atoms with Crippen molar-refractivity contribution in [2.24, 2.45) is 7.05 Å². The van der Waals surface area contributed by atoms with Crippen molar-refractivity contribution in [2.75, 3.05) is 11.9 Å². The second-order valence-corrected chi connectivity index (χ2v) is 4.34. The van der Waals surface area contributed by atoms with E-state index in [2.05, 4.69) is 16.5 Å². The molecule has 0 saturated heterocycles. The SMILES string of the molecule is Cc1cc(NCCc2cnn(C)c2)ccc1C#N. The summed E-state index contributed by atoms with van der Waals surface area (Å²) >= 11 is 0. The topological polar surface area (TPSA) is 53.6 Å². The average molecular weight is 240 g/mol. The summed E-state index contributed by atoms with van der Waals surface area (Å²) < 4.78 is 1.81. The van der Waals surface area contributed by atoms with Gasteiger partial charge in [0.25, 0.3) is 0 Å². The van der Waals surface area contributed by atoms with Gasteiger partial charge in [-0.15, -0.1) is 0 Å². The third-order valence-corrected chi connectivity index (χ3v) is 2.85. The van der Waals surface area contributed by atoms with Crippen molar-refractivity contribution in [1.82, 2.24) is 9.78 Å². The summed E-state index contributed by atoms with van der Waals surface area (Å²) in [5.41, 5.74) is 4.00. The Morgan fingerprint density at radius 1 is 1.44 bits per heavy atom. The quantitative estimate of drug-likeness (QED) is 0.891. The molecule has 4 nitrogen and oxygen atoms in total. The van der Waals surface area contributed by atoms with Gasteiger partial charge in [-0.2, -0.15) is 10.4 Å². The molecule has 1 heterocycles. The van der Waals surface area contributed by atoms with Crippen molar-refractivity contribution >= 4 is 5.69 Å². The zero-order chi connectivity index (χ0) is 13.0. The number of hydrogen-bond acceptors (Lipinski definition) is 3. The van der Waals surface area contributed by atoms with E-state index >= 15 is 0 Å². The molecule has 0 bridgehead atoms. The number of nitriles is 1. The van der Waals surface area contributed by atoms with E-state index in [0.717, 1.165) is 29.8 Å². The van der Waals surface area contributed by atoms with E-state index in [1.165, 1.54) is 5.56 Å². The molecule has 18 heavy (non-hydrogen) atoms. The molecule has 0 amide bonds. The van der Waals surface area contributed by atoms with Crippen LogP contribution in [0.25, 0.3) is 0 Å². The zero-order valence-corrected chi connectivity index (χ0v) is 10.6. The Balaban J connectivity index is 1.91. The summed E-state index contributed by atoms with van der Waals surface area (Å²) in [6, 6.07) is 7.96. The molecule has 0 saturated carbocycles. The molecular weight excluding hydrogens is 224 g/mol. The molecule has 1 aromatic heterocycles. The number of aromatic nitrogens is 2. The minimum absolute atomic E-state index is 0.729. The molecule has 1 aromatic carbocycles. The standard InChI is InChI=1S/C14H16N4/c1-11-7-14(4-3-13(11)8-15)16-6-5-12-9-17-18(2)10-12/h3-4,7,9-10,16H,5-6H2,1-2H3. The summed E-state index contributed by atoms with van der Waals surface area (Å²) in [5, 5.41) is 16.3. The first-order valence-corrected chi connectivity index (χ1v) is 5.91. The van der Waals surface area contributed by atoms with Gasteiger partial charge in [-0.1, -0.05) is 0 Å². The molecule has 0 spiro atoms. The highest BCUT2D eigenvalue weighted by Crippen LogP contribution is 2.14. The predicted octanol–water partition coefficient (Wildman–Crippen LogP) is 2.25. The third kappa shape index (κ3) is 2.89. The highest BCUT2D eigenvalue weighted by atomic mass is 15.2. The molecule has 2 rings (SSSR count). The molecule has 0 aliphatic heterocycles. The fraction of sp³-hybridized carbons (Fsp3) is 0.286. The second-order valence-electron chi connectivity index (χ2n) is 4.34. The monoisotopic (exact) mass is 240 g/mol. The van der Waals surface area contributed by atoms with Gasteiger partial charge in [0.15, 0.2) is 0 Å². The van der Waals surface area contributed by atoms with Crippen LogP contribution in [0.15, 0.2) is 30.6 Å². The highest BCUT2D eigenvalue weighted by molar-refractivity contribution is 5.51. The maximum absolute atomic E-state index is 8.86. The Bertz CT molecular complexity index is 578. The second kappa shape index (κ2) is 5.37. The van der Waals surface area contributed by atoms with Crippen LogP contribution in [0, 0.1) is 18.3 Å². The van der Waals surface area contributed by atoms with Crippen molar-refractivity contribution in [2.45, 2.75) is 13.3 Å². The Morgan fingerprint density at radius 2 is 2.28 bits per heavy atom. The van der Waals surface area contributed by atoms with E-state index in [1.807, 2.05) is 44.6 Å². The normalized spacial score (nSPS) is 10.1. The lowest BCUT2D eigenvalue weighted by Gasteiger charge is -2.07. The number of aryl methyl sites for hydroxylation is 2. The van der Waals surface area contributed by atoms with Gasteiger partial charge in [-0.3, -0.25) is 4.68 Å². The molecule has 0 atom stereocenters. The maximum Gasteiger partial charge on any atom is 0.0994 e. The van der Waals surface area contributed by atoms with Crippen LogP contribution in [0.5, 0.6) is 0 Å². The van der Waals surface area contributed by atoms with Gasteiger partial charge in [0.2, 0.25) is 0 Å². The van der Waals surface area contributed by atoms with E-state index in [1.54, 1.807) is 4.68 Å². The van der Waals surface area contributed by atoms with Gasteiger partial charge in [-0.05, 0) is 42.7 Å². The first kappa shape index (κ1) is 12.2. The van der Waals surface area contributed by atoms with Crippen LogP contribution in [-0.4, -0.2) is 16.3 Å². The van der Waals surface area contributed by atoms with Crippen LogP contribution in [0.4, 0.5) is 5.69 Å². The number of benzene rings is 1. The molecule has 0 aliphatic carbocycles. The van der Waals surface area contributed by atoms with Crippen molar-refractivity contribution in [3.05, 3.63) is 47.3 Å². The number of nitrogens with one attached hydrogen (secondary N) is 1. The van der Waals surface area contributed by atoms with Crippen LogP contribution < -0.4 is 5.32 Å². The number of rotatable bonds is 4. The molecule has 0 fully saturated rings. The zero-order valence-electron chi connectivity index (χ0n) is 10.6. The first-order chi connectivity index (χ1) is 8.69. The summed E-state index contributed by atoms with van der Waals surface area (Å²) in [6.07, 6.45) is 4.84. The van der Waals surface area contributed by atoms with Crippen LogP contribution in [-0.2, 0) is 13.5 Å². The molecule has 92 valence electrons. The first-order valence-electron chi connectivity index (χ1n) is 5.91. The number of nitrogens with zero attached hydrogens (tertiary/aromatic N) is 3. The molecule has 0 aliphatic rings. The van der Waals surface area contributed by atoms with Gasteiger partial charge < -0.3 is 5.32 Å². The minimum Gasteiger partial charge on any atom is -0.385 e. The van der Waals surface area contributed by atoms with Crippen molar-refractivity contribution in [1.29, 1.82) is 5.26 Å². The Labute approximate surface area is 107 Å². The van der Waals surface area contributed by atoms with Crippen molar-refractivity contribution in [3.8, 4) is 6.07 Å². The minimum atomic E-state index is 0.729. The average Bonchev–Trinajstić information content (AvgIpc) is 2.75. The van der Waals surface area contributed by atoms with Crippen LogP contribution in [0.2, 0.25) is 0 Å². The van der Waals surface area contributed by atoms with Crippen LogP contribution >= 0.6 is 0 Å². The largest absolute Gasteiger partial charge is 0.385 e. The van der Waals surface area contributed by atoms with Gasteiger partial charge in [0, 0.05) is 25.5 Å². The van der Waals surface area contributed by atoms with Gasteiger partial charge in [-0.25, -0.2) is 0 Å². The van der Waals surface area contributed by atoms with E-state index in [-0.39, 0.29) is 0 Å². The van der Waals surface area contributed by atoms with E-state index in [0.29, 0.717) is 0 Å². The fourth-order valence-electron chi connectivity index (χ4n) is 1.85. The molecule has 0 unspecified atom stereocenters. The number of hydrogen-bond donors (Lipinski definition) is 1.